The summed E-state index contributed by atoms with van der Waals surface area (Å²) in [4.78, 5) is 1.50. The van der Waals surface area contributed by atoms with Crippen molar-refractivity contribution in [3.8, 4) is 5.75 Å². The zero-order valence-corrected chi connectivity index (χ0v) is 15.4. The van der Waals surface area contributed by atoms with E-state index in [0.717, 1.165) is 30.7 Å². The van der Waals surface area contributed by atoms with E-state index >= 15 is 0 Å². The van der Waals surface area contributed by atoms with E-state index in [1.54, 1.807) is 0 Å². The van der Waals surface area contributed by atoms with Gasteiger partial charge < -0.3 is 19.5 Å². The summed E-state index contributed by atoms with van der Waals surface area (Å²) in [5.41, 5.74) is 2.29. The van der Waals surface area contributed by atoms with E-state index in [1.165, 1.54) is 42.8 Å². The maximum Gasteiger partial charge on any atom is 0.137 e. The molecule has 2 aliphatic heterocycles. The number of hydrogen-bond donors (Lipinski definition) is 2. The number of hydrogen-bond acceptors (Lipinski definition) is 3. The quantitative estimate of drug-likeness (QED) is 0.777. The van der Waals surface area contributed by atoms with Crippen molar-refractivity contribution in [3.63, 3.8) is 0 Å². The number of likely N-dealkylation sites (tertiary alicyclic amines) is 1. The Hall–Kier alpha value is -1.36. The maximum atomic E-state index is 10.4. The summed E-state index contributed by atoms with van der Waals surface area (Å²) < 4.78 is 12.1. The lowest BCUT2D eigenvalue weighted by atomic mass is 9.95. The topological polar surface area (TPSA) is 43.1 Å². The Bertz CT molecular complexity index is 568. The van der Waals surface area contributed by atoms with Gasteiger partial charge in [-0.05, 0) is 45.1 Å². The molecule has 0 saturated carbocycles. The summed E-state index contributed by atoms with van der Waals surface area (Å²) in [7, 11) is 0. The van der Waals surface area contributed by atoms with E-state index < -0.39 is 6.10 Å². The predicted octanol–water partition coefficient (Wildman–Crippen LogP) is 2.29. The fourth-order valence-electron chi connectivity index (χ4n) is 4.02. The number of ether oxygens (including phenoxy) is 2. The fraction of sp³-hybridized carbons (Fsp3) is 0.619. The molecule has 2 aliphatic rings. The molecule has 0 radical (unpaired) electrons. The monoisotopic (exact) mass is 346 g/mol. The summed E-state index contributed by atoms with van der Waals surface area (Å²) in [6, 6.07) is 8.03. The van der Waals surface area contributed by atoms with Gasteiger partial charge in [0.05, 0.1) is 25.3 Å². The highest BCUT2D eigenvalue weighted by Gasteiger charge is 2.26. The van der Waals surface area contributed by atoms with E-state index in [4.69, 9.17) is 9.47 Å². The first kappa shape index (κ1) is 18.4. The van der Waals surface area contributed by atoms with Crippen molar-refractivity contribution in [2.24, 2.45) is 0 Å². The maximum absolute atomic E-state index is 10.4. The second kappa shape index (κ2) is 8.84. The highest BCUT2D eigenvalue weighted by atomic mass is 16.5. The molecular formula is C21H32NO3+. The van der Waals surface area contributed by atoms with Crippen molar-refractivity contribution in [1.82, 2.24) is 0 Å². The molecule has 3 atom stereocenters. The zero-order chi connectivity index (χ0) is 17.6. The van der Waals surface area contributed by atoms with Crippen LogP contribution >= 0.6 is 0 Å². The third kappa shape index (κ3) is 5.30. The smallest absolute Gasteiger partial charge is 0.137 e. The molecule has 2 fully saturated rings. The van der Waals surface area contributed by atoms with Gasteiger partial charge in [-0.2, -0.15) is 0 Å². The van der Waals surface area contributed by atoms with Gasteiger partial charge in [-0.1, -0.05) is 30.4 Å². The van der Waals surface area contributed by atoms with Crippen LogP contribution < -0.4 is 9.64 Å². The van der Waals surface area contributed by atoms with Crippen LogP contribution in [0.5, 0.6) is 5.75 Å². The van der Waals surface area contributed by atoms with Crippen LogP contribution in [0.1, 0.15) is 50.7 Å². The van der Waals surface area contributed by atoms with Gasteiger partial charge in [0.15, 0.2) is 0 Å². The van der Waals surface area contributed by atoms with E-state index in [-0.39, 0.29) is 12.2 Å². The van der Waals surface area contributed by atoms with Crippen LogP contribution in [-0.2, 0) is 4.74 Å². The molecule has 2 heterocycles. The summed E-state index contributed by atoms with van der Waals surface area (Å²) in [6.45, 7) is 9.69. The Balaban J connectivity index is 1.58. The highest BCUT2D eigenvalue weighted by Crippen LogP contribution is 2.37. The van der Waals surface area contributed by atoms with Crippen LogP contribution in [0.15, 0.2) is 36.4 Å². The number of nitrogens with one attached hydrogen (secondary N) is 1. The van der Waals surface area contributed by atoms with Crippen LogP contribution in [0.4, 0.5) is 0 Å². The van der Waals surface area contributed by atoms with Crippen molar-refractivity contribution in [2.75, 3.05) is 26.2 Å². The van der Waals surface area contributed by atoms with Gasteiger partial charge in [0, 0.05) is 5.56 Å². The van der Waals surface area contributed by atoms with Gasteiger partial charge in [0.25, 0.3) is 0 Å². The molecule has 1 aromatic carbocycles. The van der Waals surface area contributed by atoms with Crippen LogP contribution in [0.3, 0.4) is 0 Å². The van der Waals surface area contributed by atoms with Crippen molar-refractivity contribution in [2.45, 2.75) is 57.3 Å². The number of piperidine rings is 1. The fourth-order valence-corrected chi connectivity index (χ4v) is 4.02. The average Bonchev–Trinajstić information content (AvgIpc) is 2.60. The molecule has 0 aromatic heterocycles. The first-order valence-electron chi connectivity index (χ1n) is 9.67. The zero-order valence-electron chi connectivity index (χ0n) is 15.4. The van der Waals surface area contributed by atoms with Crippen molar-refractivity contribution in [3.05, 3.63) is 42.0 Å². The molecule has 0 amide bonds. The van der Waals surface area contributed by atoms with Crippen molar-refractivity contribution in [1.29, 1.82) is 0 Å². The minimum atomic E-state index is -0.428. The largest absolute Gasteiger partial charge is 0.490 e. The van der Waals surface area contributed by atoms with Crippen molar-refractivity contribution < 1.29 is 19.5 Å². The summed E-state index contributed by atoms with van der Waals surface area (Å²) in [5, 5.41) is 10.4. The van der Waals surface area contributed by atoms with Gasteiger partial charge in [-0.15, -0.1) is 0 Å². The molecule has 25 heavy (non-hydrogen) atoms. The van der Waals surface area contributed by atoms with E-state index in [2.05, 4.69) is 19.6 Å². The van der Waals surface area contributed by atoms with Crippen molar-refractivity contribution >= 4 is 0 Å². The number of benzene rings is 1. The second-order valence-electron chi connectivity index (χ2n) is 7.61. The van der Waals surface area contributed by atoms with Gasteiger partial charge in [0.2, 0.25) is 0 Å². The lowest BCUT2D eigenvalue weighted by Gasteiger charge is -2.31. The van der Waals surface area contributed by atoms with E-state index in [9.17, 15) is 5.11 Å². The van der Waals surface area contributed by atoms with Crippen LogP contribution in [-0.4, -0.2) is 43.6 Å². The Morgan fingerprint density at radius 1 is 1.24 bits per heavy atom. The molecule has 0 aliphatic carbocycles. The number of para-hydroxylation sites is 1. The van der Waals surface area contributed by atoms with E-state index in [1.807, 2.05) is 18.2 Å². The standard InChI is InChI=1S/C21H31NO3/c1-16-12-17(2)25-21(13-16)19-8-4-5-9-20(19)24-15-18(23)14-22-10-6-3-7-11-22/h4-5,8-9,17-18,21,23H,1,3,6-7,10-15H2,2H3/p+1/t17-,18+,21-/m0/s1. The van der Waals surface area contributed by atoms with Crippen LogP contribution in [0, 0.1) is 0 Å². The molecule has 4 nitrogen and oxygen atoms in total. The Labute approximate surface area is 151 Å². The minimum absolute atomic E-state index is 0.00249. The molecule has 0 bridgehead atoms. The van der Waals surface area contributed by atoms with Gasteiger partial charge in [-0.3, -0.25) is 0 Å². The van der Waals surface area contributed by atoms with Gasteiger partial charge in [-0.25, -0.2) is 0 Å². The van der Waals surface area contributed by atoms with Gasteiger partial charge in [0.1, 0.15) is 25.0 Å². The minimum Gasteiger partial charge on any atom is -0.490 e. The first-order chi connectivity index (χ1) is 12.1. The molecule has 1 aromatic rings. The average molecular weight is 346 g/mol. The molecule has 2 N–H and O–H groups in total. The number of quaternary nitrogens is 1. The molecule has 2 saturated heterocycles. The summed E-state index contributed by atoms with van der Waals surface area (Å²) >= 11 is 0. The van der Waals surface area contributed by atoms with Crippen LogP contribution in [0.25, 0.3) is 0 Å². The Morgan fingerprint density at radius 2 is 2.00 bits per heavy atom. The lowest BCUT2D eigenvalue weighted by molar-refractivity contribution is -0.908. The molecule has 0 spiro atoms. The lowest BCUT2D eigenvalue weighted by Crippen LogP contribution is -3.14. The molecule has 0 unspecified atom stereocenters. The third-order valence-electron chi connectivity index (χ3n) is 5.23. The highest BCUT2D eigenvalue weighted by molar-refractivity contribution is 5.36. The molecule has 138 valence electrons. The number of aliphatic hydroxyl groups is 1. The normalized spacial score (nSPS) is 26.4. The third-order valence-corrected chi connectivity index (χ3v) is 5.23. The predicted molar refractivity (Wildman–Crippen MR) is 99.0 cm³/mol. The SMILES string of the molecule is C=C1C[C@@H](c2ccccc2OC[C@H](O)C[NH+]2CCCCC2)O[C@@H](C)C1. The Morgan fingerprint density at radius 3 is 2.76 bits per heavy atom. The number of aliphatic hydroxyl groups excluding tert-OH is 1. The first-order valence-corrected chi connectivity index (χ1v) is 9.67. The molecule has 4 heteroatoms. The molecule has 3 rings (SSSR count). The number of rotatable bonds is 6. The van der Waals surface area contributed by atoms with Gasteiger partial charge >= 0.3 is 0 Å². The van der Waals surface area contributed by atoms with E-state index in [0.29, 0.717) is 6.61 Å². The Kier molecular flexibility index (Phi) is 6.51. The van der Waals surface area contributed by atoms with Crippen LogP contribution in [0.2, 0.25) is 0 Å². The molecular weight excluding hydrogens is 314 g/mol. The second-order valence-corrected chi connectivity index (χ2v) is 7.61. The summed E-state index contributed by atoms with van der Waals surface area (Å²) in [6.07, 6.45) is 5.39. The summed E-state index contributed by atoms with van der Waals surface area (Å²) in [5.74, 6) is 0.821.